The average Bonchev–Trinajstić information content (AvgIpc) is 2.91. The summed E-state index contributed by atoms with van der Waals surface area (Å²) in [6.07, 6.45) is 3.18. The second-order valence-electron chi connectivity index (χ2n) is 3.97. The van der Waals surface area contributed by atoms with Gasteiger partial charge >= 0.3 is 0 Å². The van der Waals surface area contributed by atoms with Crippen molar-refractivity contribution in [1.29, 1.82) is 0 Å². The maximum absolute atomic E-state index is 12.2. The van der Waals surface area contributed by atoms with E-state index in [2.05, 4.69) is 15.0 Å². The first-order chi connectivity index (χ1) is 9.53. The van der Waals surface area contributed by atoms with Crippen LogP contribution in [0.1, 0.15) is 0 Å². The van der Waals surface area contributed by atoms with E-state index in [4.69, 9.17) is 10.5 Å². The quantitative estimate of drug-likeness (QED) is 0.717. The maximum atomic E-state index is 12.2. The van der Waals surface area contributed by atoms with Crippen molar-refractivity contribution in [3.8, 4) is 5.75 Å². The van der Waals surface area contributed by atoms with E-state index in [9.17, 15) is 8.42 Å². The molecule has 0 atom stereocenters. The smallest absolute Gasteiger partial charge is 0.244 e. The van der Waals surface area contributed by atoms with Gasteiger partial charge in [0.05, 0.1) is 19.9 Å². The van der Waals surface area contributed by atoms with Crippen molar-refractivity contribution in [1.82, 2.24) is 19.7 Å². The second kappa shape index (κ2) is 5.88. The fraction of sp³-hybridized carbons (Fsp3) is 0.273. The fourth-order valence-corrected chi connectivity index (χ4v) is 2.80. The van der Waals surface area contributed by atoms with E-state index >= 15 is 0 Å². The summed E-state index contributed by atoms with van der Waals surface area (Å²) in [5.41, 5.74) is 6.03. The minimum Gasteiger partial charge on any atom is -0.495 e. The van der Waals surface area contributed by atoms with Gasteiger partial charge in [-0.05, 0) is 12.1 Å². The molecule has 0 bridgehead atoms. The molecule has 3 N–H and O–H groups in total. The molecule has 0 amide bonds. The fourth-order valence-electron chi connectivity index (χ4n) is 1.63. The molecule has 0 unspecified atom stereocenters. The van der Waals surface area contributed by atoms with Crippen LogP contribution in [0.4, 0.5) is 5.69 Å². The van der Waals surface area contributed by atoms with Gasteiger partial charge in [0.15, 0.2) is 0 Å². The Bertz CT molecular complexity index is 669. The molecule has 1 aromatic heterocycles. The standard InChI is InChI=1S/C11H15N5O3S/c1-19-10-8-9(12)2-3-11(10)20(17,18)14-5-7-16-6-4-13-15-16/h2-4,6,8,14H,5,7,12H2,1H3. The van der Waals surface area contributed by atoms with Crippen molar-refractivity contribution >= 4 is 15.7 Å². The molecular formula is C11H15N5O3S. The highest BCUT2D eigenvalue weighted by Crippen LogP contribution is 2.25. The highest BCUT2D eigenvalue weighted by Gasteiger charge is 2.19. The highest BCUT2D eigenvalue weighted by atomic mass is 32.2. The minimum atomic E-state index is -3.67. The van der Waals surface area contributed by atoms with Crippen LogP contribution >= 0.6 is 0 Å². The van der Waals surface area contributed by atoms with Gasteiger partial charge in [0.25, 0.3) is 0 Å². The summed E-state index contributed by atoms with van der Waals surface area (Å²) >= 11 is 0. The van der Waals surface area contributed by atoms with Crippen molar-refractivity contribution in [3.05, 3.63) is 30.6 Å². The third kappa shape index (κ3) is 3.25. The number of hydrogen-bond donors (Lipinski definition) is 2. The number of nitrogen functional groups attached to an aromatic ring is 1. The number of benzene rings is 1. The number of ether oxygens (including phenoxy) is 1. The number of nitrogens with one attached hydrogen (secondary N) is 1. The van der Waals surface area contributed by atoms with Crippen LogP contribution in [-0.2, 0) is 16.6 Å². The van der Waals surface area contributed by atoms with Crippen LogP contribution < -0.4 is 15.2 Å². The number of methoxy groups -OCH3 is 1. The molecule has 0 saturated heterocycles. The molecule has 0 aliphatic carbocycles. The van der Waals surface area contributed by atoms with Crippen LogP contribution in [0.2, 0.25) is 0 Å². The molecule has 9 heteroatoms. The van der Waals surface area contributed by atoms with Crippen molar-refractivity contribution in [3.63, 3.8) is 0 Å². The van der Waals surface area contributed by atoms with Crippen LogP contribution in [0.15, 0.2) is 35.5 Å². The molecule has 1 aromatic carbocycles. The molecule has 1 heterocycles. The SMILES string of the molecule is COc1cc(N)ccc1S(=O)(=O)NCCn1ccnn1. The molecule has 0 aliphatic heterocycles. The highest BCUT2D eigenvalue weighted by molar-refractivity contribution is 7.89. The van der Waals surface area contributed by atoms with Crippen LogP contribution in [0, 0.1) is 0 Å². The van der Waals surface area contributed by atoms with Gasteiger partial charge in [-0.3, -0.25) is 4.68 Å². The molecule has 8 nitrogen and oxygen atoms in total. The van der Waals surface area contributed by atoms with E-state index in [-0.39, 0.29) is 17.2 Å². The minimum absolute atomic E-state index is 0.0489. The molecule has 0 fully saturated rings. The number of aromatic nitrogens is 3. The van der Waals surface area contributed by atoms with E-state index in [0.717, 1.165) is 0 Å². The average molecular weight is 297 g/mol. The first kappa shape index (κ1) is 14.3. The Hall–Kier alpha value is -2.13. The molecule has 2 aromatic rings. The molecule has 0 spiro atoms. The first-order valence-electron chi connectivity index (χ1n) is 5.80. The Labute approximate surface area is 116 Å². The van der Waals surface area contributed by atoms with Gasteiger partial charge in [0, 0.05) is 24.5 Å². The van der Waals surface area contributed by atoms with Crippen molar-refractivity contribution in [2.45, 2.75) is 11.4 Å². The third-order valence-corrected chi connectivity index (χ3v) is 4.08. The van der Waals surface area contributed by atoms with Crippen LogP contribution in [0.5, 0.6) is 5.75 Å². The molecule has 2 rings (SSSR count). The lowest BCUT2D eigenvalue weighted by atomic mass is 10.3. The number of nitrogens with two attached hydrogens (primary N) is 1. The second-order valence-corrected chi connectivity index (χ2v) is 5.71. The van der Waals surface area contributed by atoms with Crippen molar-refractivity contribution in [2.24, 2.45) is 0 Å². The summed E-state index contributed by atoms with van der Waals surface area (Å²) in [6, 6.07) is 4.38. The van der Waals surface area contributed by atoms with Crippen molar-refractivity contribution < 1.29 is 13.2 Å². The van der Waals surface area contributed by atoms with Gasteiger partial charge in [0.2, 0.25) is 10.0 Å². The van der Waals surface area contributed by atoms with E-state index < -0.39 is 10.0 Å². The topological polar surface area (TPSA) is 112 Å². The van der Waals surface area contributed by atoms with Crippen molar-refractivity contribution in [2.75, 3.05) is 19.4 Å². The molecule has 0 radical (unpaired) electrons. The molecule has 20 heavy (non-hydrogen) atoms. The molecule has 0 saturated carbocycles. The Morgan fingerprint density at radius 1 is 1.45 bits per heavy atom. The summed E-state index contributed by atoms with van der Waals surface area (Å²) in [5, 5.41) is 7.38. The monoisotopic (exact) mass is 297 g/mol. The number of hydrogen-bond acceptors (Lipinski definition) is 6. The summed E-state index contributed by atoms with van der Waals surface area (Å²) in [4.78, 5) is 0.0489. The predicted molar refractivity (Wildman–Crippen MR) is 72.6 cm³/mol. The zero-order valence-electron chi connectivity index (χ0n) is 10.9. The molecule has 0 aliphatic rings. The van der Waals surface area contributed by atoms with Crippen LogP contribution in [-0.4, -0.2) is 37.1 Å². The Balaban J connectivity index is 2.10. The van der Waals surface area contributed by atoms with Gasteiger partial charge in [0.1, 0.15) is 10.6 Å². The van der Waals surface area contributed by atoms with E-state index in [1.807, 2.05) is 0 Å². The van der Waals surface area contributed by atoms with E-state index in [1.54, 1.807) is 6.20 Å². The lowest BCUT2D eigenvalue weighted by Crippen LogP contribution is -2.28. The van der Waals surface area contributed by atoms with Gasteiger partial charge in [-0.25, -0.2) is 13.1 Å². The Morgan fingerprint density at radius 3 is 2.90 bits per heavy atom. The first-order valence-corrected chi connectivity index (χ1v) is 7.28. The van der Waals surface area contributed by atoms with Gasteiger partial charge < -0.3 is 10.5 Å². The summed E-state index contributed by atoms with van der Waals surface area (Å²) in [6.45, 7) is 0.579. The summed E-state index contributed by atoms with van der Waals surface area (Å²) in [5.74, 6) is 0.207. The summed E-state index contributed by atoms with van der Waals surface area (Å²) < 4.78 is 33.4. The Kier molecular flexibility index (Phi) is 4.20. The number of sulfonamides is 1. The van der Waals surface area contributed by atoms with Gasteiger partial charge in [-0.1, -0.05) is 5.21 Å². The van der Waals surface area contributed by atoms with Crippen LogP contribution in [0.25, 0.3) is 0 Å². The van der Waals surface area contributed by atoms with Gasteiger partial charge in [-0.15, -0.1) is 5.10 Å². The molecule has 108 valence electrons. The summed E-state index contributed by atoms with van der Waals surface area (Å²) in [7, 11) is -2.27. The zero-order valence-corrected chi connectivity index (χ0v) is 11.7. The lowest BCUT2D eigenvalue weighted by molar-refractivity contribution is 0.402. The number of nitrogens with zero attached hydrogens (tertiary/aromatic N) is 3. The lowest BCUT2D eigenvalue weighted by Gasteiger charge is -2.11. The van der Waals surface area contributed by atoms with E-state index in [0.29, 0.717) is 12.2 Å². The largest absolute Gasteiger partial charge is 0.495 e. The predicted octanol–water partition coefficient (Wildman–Crippen LogP) is -0.153. The van der Waals surface area contributed by atoms with Crippen LogP contribution in [0.3, 0.4) is 0 Å². The zero-order chi connectivity index (χ0) is 14.6. The third-order valence-electron chi connectivity index (χ3n) is 2.58. The van der Waals surface area contributed by atoms with E-state index in [1.165, 1.54) is 36.2 Å². The number of anilines is 1. The Morgan fingerprint density at radius 2 is 2.25 bits per heavy atom. The maximum Gasteiger partial charge on any atom is 0.244 e. The number of rotatable bonds is 6. The van der Waals surface area contributed by atoms with Gasteiger partial charge in [-0.2, -0.15) is 0 Å². The normalized spacial score (nSPS) is 11.4. The molecular weight excluding hydrogens is 282 g/mol.